The van der Waals surface area contributed by atoms with Crippen LogP contribution >= 0.6 is 0 Å². The molecule has 0 bridgehead atoms. The molecule has 1 aliphatic heterocycles. The van der Waals surface area contributed by atoms with Gasteiger partial charge in [-0.1, -0.05) is 18.6 Å². The minimum Gasteiger partial charge on any atom is -0.497 e. The first-order valence-corrected chi connectivity index (χ1v) is 9.18. The number of benzene rings is 1. The highest BCUT2D eigenvalue weighted by atomic mass is 16.5. The molecular formula is C19H30N4O. The Bertz CT molecular complexity index is 550. The third-order valence-electron chi connectivity index (χ3n) is 5.29. The van der Waals surface area contributed by atoms with E-state index in [0.717, 1.165) is 31.3 Å². The minimum absolute atomic E-state index is 0.270. The van der Waals surface area contributed by atoms with Gasteiger partial charge in [-0.2, -0.15) is 0 Å². The van der Waals surface area contributed by atoms with Crippen molar-refractivity contribution in [3.8, 4) is 5.75 Å². The van der Waals surface area contributed by atoms with E-state index < -0.39 is 0 Å². The van der Waals surface area contributed by atoms with Crippen LogP contribution in [0.5, 0.6) is 5.75 Å². The van der Waals surface area contributed by atoms with Crippen LogP contribution < -0.4 is 15.8 Å². The number of likely N-dealkylation sites (tertiary alicyclic amines) is 1. The van der Waals surface area contributed by atoms with Gasteiger partial charge in [0, 0.05) is 6.54 Å². The first kappa shape index (κ1) is 17.1. The number of guanidine groups is 1. The highest BCUT2D eigenvalue weighted by molar-refractivity contribution is 5.77. The van der Waals surface area contributed by atoms with Crippen LogP contribution in [-0.2, 0) is 0 Å². The van der Waals surface area contributed by atoms with Gasteiger partial charge in [0.15, 0.2) is 5.96 Å². The third kappa shape index (κ3) is 4.41. The Morgan fingerprint density at radius 2 is 2.12 bits per heavy atom. The first-order valence-electron chi connectivity index (χ1n) is 9.18. The van der Waals surface area contributed by atoms with Crippen molar-refractivity contribution in [1.29, 1.82) is 0 Å². The zero-order valence-electron chi connectivity index (χ0n) is 14.7. The predicted octanol–water partition coefficient (Wildman–Crippen LogP) is 2.54. The molecule has 5 nitrogen and oxygen atoms in total. The monoisotopic (exact) mass is 330 g/mol. The number of methoxy groups -OCH3 is 1. The van der Waals surface area contributed by atoms with Gasteiger partial charge in [-0.3, -0.25) is 9.89 Å². The average molecular weight is 330 g/mol. The van der Waals surface area contributed by atoms with Crippen molar-refractivity contribution < 1.29 is 4.74 Å². The molecule has 1 atom stereocenters. The lowest BCUT2D eigenvalue weighted by atomic mass is 9.85. The second-order valence-electron chi connectivity index (χ2n) is 6.94. The van der Waals surface area contributed by atoms with Crippen LogP contribution in [0.4, 0.5) is 0 Å². The Hall–Kier alpha value is -1.75. The number of ether oxygens (including phenoxy) is 1. The molecule has 1 aromatic carbocycles. The summed E-state index contributed by atoms with van der Waals surface area (Å²) in [6.45, 7) is 3.92. The number of nitrogens with one attached hydrogen (secondary N) is 1. The summed E-state index contributed by atoms with van der Waals surface area (Å²) >= 11 is 0. The molecule has 1 saturated heterocycles. The topological polar surface area (TPSA) is 62.9 Å². The maximum absolute atomic E-state index is 6.08. The highest BCUT2D eigenvalue weighted by Crippen LogP contribution is 2.28. The zero-order chi connectivity index (χ0) is 16.8. The number of hydrogen-bond acceptors (Lipinski definition) is 3. The van der Waals surface area contributed by atoms with Gasteiger partial charge in [-0.15, -0.1) is 0 Å². The average Bonchev–Trinajstić information content (AvgIpc) is 3.08. The summed E-state index contributed by atoms with van der Waals surface area (Å²) in [6.07, 6.45) is 6.52. The van der Waals surface area contributed by atoms with Gasteiger partial charge in [-0.05, 0) is 62.4 Å². The van der Waals surface area contributed by atoms with Gasteiger partial charge in [0.1, 0.15) is 5.75 Å². The summed E-state index contributed by atoms with van der Waals surface area (Å²) in [7, 11) is 1.71. The smallest absolute Gasteiger partial charge is 0.188 e. The Morgan fingerprint density at radius 1 is 1.33 bits per heavy atom. The summed E-state index contributed by atoms with van der Waals surface area (Å²) in [5, 5.41) is 3.29. The molecule has 5 heteroatoms. The summed E-state index contributed by atoms with van der Waals surface area (Å²) < 4.78 is 5.39. The van der Waals surface area contributed by atoms with E-state index in [1.54, 1.807) is 7.11 Å². The molecule has 1 aromatic rings. The van der Waals surface area contributed by atoms with Crippen LogP contribution in [0.3, 0.4) is 0 Å². The van der Waals surface area contributed by atoms with Crippen molar-refractivity contribution in [2.24, 2.45) is 16.6 Å². The van der Waals surface area contributed by atoms with Crippen molar-refractivity contribution in [1.82, 2.24) is 10.2 Å². The highest BCUT2D eigenvalue weighted by Gasteiger charge is 2.24. The number of aliphatic imine (C=N–C) groups is 1. The molecule has 1 unspecified atom stereocenters. The van der Waals surface area contributed by atoms with Gasteiger partial charge in [0.25, 0.3) is 0 Å². The molecule has 3 N–H and O–H groups in total. The molecule has 3 rings (SSSR count). The van der Waals surface area contributed by atoms with Crippen molar-refractivity contribution >= 4 is 5.96 Å². The molecule has 0 radical (unpaired) electrons. The molecule has 1 heterocycles. The van der Waals surface area contributed by atoms with Gasteiger partial charge in [0.2, 0.25) is 0 Å². The van der Waals surface area contributed by atoms with Crippen LogP contribution in [0.2, 0.25) is 0 Å². The molecule has 1 aliphatic carbocycles. The van der Waals surface area contributed by atoms with E-state index in [2.05, 4.69) is 33.4 Å². The SMILES string of the molecule is COc1cccc(C(CN=C(N)NCC2CCC2)N2CCCC2)c1. The second kappa shape index (κ2) is 8.38. The van der Waals surface area contributed by atoms with Crippen molar-refractivity contribution in [2.45, 2.75) is 38.1 Å². The van der Waals surface area contributed by atoms with Crippen molar-refractivity contribution in [3.63, 3.8) is 0 Å². The maximum atomic E-state index is 6.08. The Balaban J connectivity index is 1.65. The van der Waals surface area contributed by atoms with E-state index in [1.165, 1.54) is 37.7 Å². The summed E-state index contributed by atoms with van der Waals surface area (Å²) in [5.74, 6) is 2.26. The van der Waals surface area contributed by atoms with E-state index in [9.17, 15) is 0 Å². The molecule has 2 fully saturated rings. The molecule has 2 aliphatic rings. The van der Waals surface area contributed by atoms with Crippen LogP contribution in [0.15, 0.2) is 29.3 Å². The fraction of sp³-hybridized carbons (Fsp3) is 0.632. The lowest BCUT2D eigenvalue weighted by Crippen LogP contribution is -2.38. The quantitative estimate of drug-likeness (QED) is 0.596. The van der Waals surface area contributed by atoms with Gasteiger partial charge in [-0.25, -0.2) is 0 Å². The van der Waals surface area contributed by atoms with Crippen molar-refractivity contribution in [3.05, 3.63) is 29.8 Å². The maximum Gasteiger partial charge on any atom is 0.188 e. The lowest BCUT2D eigenvalue weighted by molar-refractivity contribution is 0.251. The minimum atomic E-state index is 0.270. The van der Waals surface area contributed by atoms with Crippen LogP contribution in [0, 0.1) is 5.92 Å². The summed E-state index contributed by atoms with van der Waals surface area (Å²) in [6, 6.07) is 8.60. The van der Waals surface area contributed by atoms with Crippen LogP contribution in [0.1, 0.15) is 43.7 Å². The number of nitrogens with two attached hydrogens (primary N) is 1. The van der Waals surface area contributed by atoms with Crippen molar-refractivity contribution in [2.75, 3.05) is 33.3 Å². The van der Waals surface area contributed by atoms with Gasteiger partial charge < -0.3 is 15.8 Å². The molecule has 1 saturated carbocycles. The molecular weight excluding hydrogens is 300 g/mol. The van der Waals surface area contributed by atoms with E-state index in [4.69, 9.17) is 10.5 Å². The number of hydrogen-bond donors (Lipinski definition) is 2. The number of nitrogens with zero attached hydrogens (tertiary/aromatic N) is 2. The summed E-state index contributed by atoms with van der Waals surface area (Å²) in [4.78, 5) is 7.14. The number of rotatable bonds is 7. The molecule has 0 amide bonds. The van der Waals surface area contributed by atoms with Crippen LogP contribution in [0.25, 0.3) is 0 Å². The van der Waals surface area contributed by atoms with Gasteiger partial charge in [0.05, 0.1) is 19.7 Å². The Morgan fingerprint density at radius 3 is 2.79 bits per heavy atom. The zero-order valence-corrected chi connectivity index (χ0v) is 14.7. The fourth-order valence-corrected chi connectivity index (χ4v) is 3.52. The predicted molar refractivity (Wildman–Crippen MR) is 98.4 cm³/mol. The molecule has 24 heavy (non-hydrogen) atoms. The van der Waals surface area contributed by atoms with E-state index in [0.29, 0.717) is 12.5 Å². The normalized spacial score (nSPS) is 20.6. The summed E-state index contributed by atoms with van der Waals surface area (Å²) in [5.41, 5.74) is 7.33. The van der Waals surface area contributed by atoms with E-state index in [1.807, 2.05) is 6.07 Å². The van der Waals surface area contributed by atoms with Gasteiger partial charge >= 0.3 is 0 Å². The van der Waals surface area contributed by atoms with E-state index in [-0.39, 0.29) is 6.04 Å². The fourth-order valence-electron chi connectivity index (χ4n) is 3.52. The second-order valence-corrected chi connectivity index (χ2v) is 6.94. The van der Waals surface area contributed by atoms with E-state index >= 15 is 0 Å². The largest absolute Gasteiger partial charge is 0.497 e. The molecule has 132 valence electrons. The van der Waals surface area contributed by atoms with Crippen LogP contribution in [-0.4, -0.2) is 44.1 Å². The first-order chi connectivity index (χ1) is 11.8. The lowest BCUT2D eigenvalue weighted by Gasteiger charge is -2.27. The third-order valence-corrected chi connectivity index (χ3v) is 5.29. The Labute approximate surface area is 145 Å². The Kier molecular flexibility index (Phi) is 5.96. The standard InChI is InChI=1S/C19H30N4O/c1-24-17-9-5-8-16(12-17)18(23-10-2-3-11-23)14-22-19(20)21-13-15-6-4-7-15/h5,8-9,12,15,18H,2-4,6-7,10-11,13-14H2,1H3,(H3,20,21,22). The molecule has 0 aromatic heterocycles. The molecule has 0 spiro atoms.